The molecule has 2 unspecified atom stereocenters. The summed E-state index contributed by atoms with van der Waals surface area (Å²) >= 11 is 0. The SMILES string of the molecule is Cl.NC(=O)NC1C2CNCC21. The molecule has 2 fully saturated rings. The van der Waals surface area contributed by atoms with Crippen LogP contribution in [0.3, 0.4) is 0 Å². The van der Waals surface area contributed by atoms with Crippen LogP contribution in [0.5, 0.6) is 0 Å². The van der Waals surface area contributed by atoms with E-state index in [1.54, 1.807) is 0 Å². The lowest BCUT2D eigenvalue weighted by molar-refractivity contribution is 0.247. The largest absolute Gasteiger partial charge is 0.352 e. The van der Waals surface area contributed by atoms with Gasteiger partial charge in [-0.2, -0.15) is 0 Å². The first-order valence-electron chi connectivity index (χ1n) is 3.56. The molecular formula is C6H12ClN3O. The van der Waals surface area contributed by atoms with E-state index in [0.717, 1.165) is 13.1 Å². The fourth-order valence-electron chi connectivity index (χ4n) is 1.80. The number of amides is 2. The molecule has 2 aliphatic rings. The Morgan fingerprint density at radius 1 is 1.45 bits per heavy atom. The fraction of sp³-hybridized carbons (Fsp3) is 0.833. The monoisotopic (exact) mass is 177 g/mol. The second-order valence-corrected chi connectivity index (χ2v) is 3.02. The maximum Gasteiger partial charge on any atom is 0.312 e. The van der Waals surface area contributed by atoms with Crippen LogP contribution in [0.2, 0.25) is 0 Å². The number of hydrogen-bond donors (Lipinski definition) is 3. The Hall–Kier alpha value is -0.480. The summed E-state index contributed by atoms with van der Waals surface area (Å²) in [6.07, 6.45) is 0. The molecule has 1 saturated heterocycles. The van der Waals surface area contributed by atoms with Gasteiger partial charge < -0.3 is 16.4 Å². The minimum Gasteiger partial charge on any atom is -0.352 e. The third-order valence-electron chi connectivity index (χ3n) is 2.40. The quantitative estimate of drug-likeness (QED) is 0.496. The lowest BCUT2D eigenvalue weighted by Crippen LogP contribution is -2.36. The van der Waals surface area contributed by atoms with Gasteiger partial charge in [-0.3, -0.25) is 0 Å². The highest BCUT2D eigenvalue weighted by molar-refractivity contribution is 5.85. The number of hydrogen-bond acceptors (Lipinski definition) is 2. The molecule has 0 spiro atoms. The number of carbonyl (C=O) groups excluding carboxylic acids is 1. The van der Waals surface area contributed by atoms with Gasteiger partial charge in [0.1, 0.15) is 0 Å². The lowest BCUT2D eigenvalue weighted by atomic mass is 10.4. The van der Waals surface area contributed by atoms with Crippen LogP contribution in [-0.4, -0.2) is 25.2 Å². The summed E-state index contributed by atoms with van der Waals surface area (Å²) in [5.74, 6) is 1.32. The van der Waals surface area contributed by atoms with E-state index in [-0.39, 0.29) is 18.4 Å². The van der Waals surface area contributed by atoms with Crippen molar-refractivity contribution in [1.29, 1.82) is 0 Å². The summed E-state index contributed by atoms with van der Waals surface area (Å²) in [7, 11) is 0. The van der Waals surface area contributed by atoms with Gasteiger partial charge in [-0.1, -0.05) is 0 Å². The highest BCUT2D eigenvalue weighted by Gasteiger charge is 2.53. The smallest absolute Gasteiger partial charge is 0.312 e. The minimum absolute atomic E-state index is 0. The molecule has 1 aliphatic carbocycles. The van der Waals surface area contributed by atoms with Crippen LogP contribution in [0.25, 0.3) is 0 Å². The second kappa shape index (κ2) is 2.87. The van der Waals surface area contributed by atoms with Gasteiger partial charge in [-0.25, -0.2) is 4.79 Å². The Kier molecular flexibility index (Phi) is 2.25. The summed E-state index contributed by atoms with van der Waals surface area (Å²) in [6.45, 7) is 2.07. The van der Waals surface area contributed by atoms with E-state index in [2.05, 4.69) is 10.6 Å². The van der Waals surface area contributed by atoms with Gasteiger partial charge in [0.05, 0.1) is 0 Å². The molecule has 0 aromatic heterocycles. The average Bonchev–Trinajstić information content (AvgIpc) is 2.40. The molecule has 1 heterocycles. The Labute approximate surface area is 71.3 Å². The van der Waals surface area contributed by atoms with Crippen LogP contribution >= 0.6 is 12.4 Å². The first-order valence-corrected chi connectivity index (χ1v) is 3.56. The van der Waals surface area contributed by atoms with Crippen LogP contribution in [0.1, 0.15) is 0 Å². The molecule has 0 aromatic carbocycles. The highest BCUT2D eigenvalue weighted by atomic mass is 35.5. The molecule has 4 N–H and O–H groups in total. The van der Waals surface area contributed by atoms with Gasteiger partial charge in [-0.15, -0.1) is 12.4 Å². The molecular weight excluding hydrogens is 166 g/mol. The molecule has 2 atom stereocenters. The lowest BCUT2D eigenvalue weighted by Gasteiger charge is -2.03. The Morgan fingerprint density at radius 3 is 2.45 bits per heavy atom. The summed E-state index contributed by atoms with van der Waals surface area (Å²) in [6, 6.07) is -0.0156. The third-order valence-corrected chi connectivity index (χ3v) is 2.40. The zero-order valence-corrected chi connectivity index (χ0v) is 6.86. The topological polar surface area (TPSA) is 67.2 Å². The van der Waals surface area contributed by atoms with Gasteiger partial charge in [0.2, 0.25) is 0 Å². The van der Waals surface area contributed by atoms with Gasteiger partial charge in [0, 0.05) is 19.1 Å². The number of urea groups is 1. The number of nitrogens with two attached hydrogens (primary N) is 1. The molecule has 64 valence electrons. The third kappa shape index (κ3) is 1.41. The number of halogens is 1. The van der Waals surface area contributed by atoms with Crippen molar-refractivity contribution in [3.63, 3.8) is 0 Å². The second-order valence-electron chi connectivity index (χ2n) is 3.02. The van der Waals surface area contributed by atoms with E-state index in [1.165, 1.54) is 0 Å². The first kappa shape index (κ1) is 8.62. The molecule has 0 aromatic rings. The van der Waals surface area contributed by atoms with Crippen molar-refractivity contribution < 1.29 is 4.79 Å². The van der Waals surface area contributed by atoms with E-state index in [1.807, 2.05) is 0 Å². The standard InChI is InChI=1S/C6H11N3O.ClH/c7-6(10)9-5-3-1-8-2-4(3)5;/h3-5,8H,1-2H2,(H3,7,9,10);1H. The van der Waals surface area contributed by atoms with Crippen molar-refractivity contribution >= 4 is 18.4 Å². The number of primary amides is 1. The molecule has 1 aliphatic heterocycles. The maximum atomic E-state index is 10.4. The van der Waals surface area contributed by atoms with E-state index in [0.29, 0.717) is 17.9 Å². The van der Waals surface area contributed by atoms with Crippen LogP contribution < -0.4 is 16.4 Å². The van der Waals surface area contributed by atoms with Crippen LogP contribution in [0.15, 0.2) is 0 Å². The maximum absolute atomic E-state index is 10.4. The van der Waals surface area contributed by atoms with Crippen LogP contribution in [0, 0.1) is 11.8 Å². The predicted molar refractivity (Wildman–Crippen MR) is 43.6 cm³/mol. The average molecular weight is 178 g/mol. The molecule has 1 saturated carbocycles. The number of fused-ring (bicyclic) bond motifs is 1. The molecule has 2 amide bonds. The number of nitrogens with one attached hydrogen (secondary N) is 2. The van der Waals surface area contributed by atoms with Crippen molar-refractivity contribution in [3.8, 4) is 0 Å². The molecule has 0 radical (unpaired) electrons. The van der Waals surface area contributed by atoms with E-state index >= 15 is 0 Å². The van der Waals surface area contributed by atoms with Crippen molar-refractivity contribution in [2.45, 2.75) is 6.04 Å². The van der Waals surface area contributed by atoms with Gasteiger partial charge in [0.25, 0.3) is 0 Å². The van der Waals surface area contributed by atoms with Crippen molar-refractivity contribution in [3.05, 3.63) is 0 Å². The molecule has 11 heavy (non-hydrogen) atoms. The summed E-state index contributed by atoms with van der Waals surface area (Å²) in [5.41, 5.74) is 4.97. The summed E-state index contributed by atoms with van der Waals surface area (Å²) in [4.78, 5) is 10.4. The van der Waals surface area contributed by atoms with Crippen molar-refractivity contribution in [2.24, 2.45) is 17.6 Å². The Bertz CT molecular complexity index is 165. The van der Waals surface area contributed by atoms with Gasteiger partial charge >= 0.3 is 6.03 Å². The van der Waals surface area contributed by atoms with Gasteiger partial charge in [0.15, 0.2) is 0 Å². The molecule has 2 rings (SSSR count). The zero-order chi connectivity index (χ0) is 7.14. The molecule has 5 heteroatoms. The number of carbonyl (C=O) groups is 1. The molecule has 0 bridgehead atoms. The van der Waals surface area contributed by atoms with Crippen LogP contribution in [0.4, 0.5) is 4.79 Å². The number of rotatable bonds is 1. The zero-order valence-electron chi connectivity index (χ0n) is 6.04. The fourth-order valence-corrected chi connectivity index (χ4v) is 1.80. The molecule has 4 nitrogen and oxygen atoms in total. The Morgan fingerprint density at radius 2 is 2.00 bits per heavy atom. The van der Waals surface area contributed by atoms with Crippen molar-refractivity contribution in [1.82, 2.24) is 10.6 Å². The van der Waals surface area contributed by atoms with E-state index in [4.69, 9.17) is 5.73 Å². The summed E-state index contributed by atoms with van der Waals surface area (Å²) in [5, 5.41) is 5.95. The number of piperidine rings is 1. The van der Waals surface area contributed by atoms with Gasteiger partial charge in [-0.05, 0) is 11.8 Å². The summed E-state index contributed by atoms with van der Waals surface area (Å²) < 4.78 is 0. The normalized spacial score (nSPS) is 38.7. The van der Waals surface area contributed by atoms with E-state index < -0.39 is 0 Å². The Balaban J connectivity index is 0.000000605. The van der Waals surface area contributed by atoms with Crippen molar-refractivity contribution in [2.75, 3.05) is 13.1 Å². The predicted octanol–water partition coefficient (Wildman–Crippen LogP) is -0.706. The minimum atomic E-state index is -0.389. The first-order chi connectivity index (χ1) is 4.79. The van der Waals surface area contributed by atoms with E-state index in [9.17, 15) is 4.79 Å². The van der Waals surface area contributed by atoms with Crippen LogP contribution in [-0.2, 0) is 0 Å². The highest BCUT2D eigenvalue weighted by Crippen LogP contribution is 2.41.